The van der Waals surface area contributed by atoms with E-state index < -0.39 is 10.0 Å². The first-order valence-corrected chi connectivity index (χ1v) is 9.84. The Hall–Kier alpha value is -2.13. The third-order valence-electron chi connectivity index (χ3n) is 3.78. The number of sulfonamides is 1. The topological polar surface area (TPSA) is 137 Å². The van der Waals surface area contributed by atoms with Crippen molar-refractivity contribution >= 4 is 21.8 Å². The van der Waals surface area contributed by atoms with Gasteiger partial charge in [-0.05, 0) is 24.5 Å². The lowest BCUT2D eigenvalue weighted by Gasteiger charge is -2.18. The number of fused-ring (bicyclic) bond motifs is 1. The molecule has 2 rings (SSSR count). The highest BCUT2D eigenvalue weighted by atomic mass is 32.2. The van der Waals surface area contributed by atoms with Crippen molar-refractivity contribution in [2.75, 3.05) is 19.7 Å². The number of amidine groups is 1. The number of amides is 1. The fourth-order valence-corrected chi connectivity index (χ4v) is 3.68. The molecular formula is C16H24N4O4S. The Bertz CT molecular complexity index is 747. The molecule has 0 radical (unpaired) electrons. The van der Waals surface area contributed by atoms with Crippen LogP contribution in [0.2, 0.25) is 0 Å². The first kappa shape index (κ1) is 19.2. The quantitative estimate of drug-likeness (QED) is 0.534. The Balaban J connectivity index is 1.77. The number of benzene rings is 1. The highest BCUT2D eigenvalue weighted by molar-refractivity contribution is 7.89. The molecule has 0 bridgehead atoms. The van der Waals surface area contributed by atoms with Crippen LogP contribution in [0.1, 0.15) is 36.8 Å². The Labute approximate surface area is 147 Å². The summed E-state index contributed by atoms with van der Waals surface area (Å²) in [4.78, 5) is 11.0. The predicted octanol–water partition coefficient (Wildman–Crippen LogP) is 0.249. The van der Waals surface area contributed by atoms with Crippen LogP contribution in [0.5, 0.6) is 5.75 Å². The first-order valence-electron chi connectivity index (χ1n) is 8.23. The summed E-state index contributed by atoms with van der Waals surface area (Å²) in [5.74, 6) is 0.240. The normalized spacial score (nSPS) is 15.2. The van der Waals surface area contributed by atoms with Crippen LogP contribution in [-0.4, -0.2) is 39.9 Å². The summed E-state index contributed by atoms with van der Waals surface area (Å²) in [6.07, 6.45) is 3.68. The summed E-state index contributed by atoms with van der Waals surface area (Å²) in [6, 6.07) is 5.24. The molecule has 0 spiro atoms. The van der Waals surface area contributed by atoms with E-state index in [9.17, 15) is 13.2 Å². The van der Waals surface area contributed by atoms with Crippen molar-refractivity contribution < 1.29 is 17.9 Å². The summed E-state index contributed by atoms with van der Waals surface area (Å²) < 4.78 is 32.6. The zero-order valence-corrected chi connectivity index (χ0v) is 14.8. The maximum Gasteiger partial charge on any atom is 0.259 e. The number of hydrogen-bond donors (Lipinski definition) is 3. The number of nitrogens with zero attached hydrogens (tertiary/aromatic N) is 1. The van der Waals surface area contributed by atoms with Crippen LogP contribution in [0.15, 0.2) is 22.6 Å². The lowest BCUT2D eigenvalue weighted by Crippen LogP contribution is -2.30. The van der Waals surface area contributed by atoms with E-state index in [1.165, 1.54) is 0 Å². The van der Waals surface area contributed by atoms with Crippen LogP contribution < -0.4 is 21.5 Å². The van der Waals surface area contributed by atoms with Gasteiger partial charge in [0, 0.05) is 6.54 Å². The molecule has 25 heavy (non-hydrogen) atoms. The van der Waals surface area contributed by atoms with Gasteiger partial charge in [-0.15, -0.1) is 4.40 Å². The van der Waals surface area contributed by atoms with Gasteiger partial charge < -0.3 is 21.5 Å². The standard InChI is InChI=1S/C16H24N4O4S/c17-10-14(21)19-8-3-1-2-4-9-24-13-7-5-6-12-11-25(22,23)20-16(18)15(12)13/h5-7H,1-4,8-11,17H2,(H2,18,20)(H,19,21). The molecule has 0 unspecified atom stereocenters. The molecule has 9 heteroatoms. The molecule has 8 nitrogen and oxygen atoms in total. The number of hydrogen-bond acceptors (Lipinski definition) is 6. The minimum absolute atomic E-state index is 0.0168. The van der Waals surface area contributed by atoms with E-state index >= 15 is 0 Å². The van der Waals surface area contributed by atoms with Gasteiger partial charge in [-0.1, -0.05) is 25.0 Å². The van der Waals surface area contributed by atoms with Gasteiger partial charge in [-0.2, -0.15) is 0 Å². The summed E-state index contributed by atoms with van der Waals surface area (Å²) in [5, 5.41) is 2.72. The molecule has 1 aromatic carbocycles. The summed E-state index contributed by atoms with van der Waals surface area (Å²) in [6.45, 7) is 1.15. The molecule has 1 aromatic rings. The molecular weight excluding hydrogens is 344 g/mol. The van der Waals surface area contributed by atoms with Crippen LogP contribution in [0, 0.1) is 0 Å². The molecule has 0 saturated heterocycles. The van der Waals surface area contributed by atoms with E-state index in [4.69, 9.17) is 16.2 Å². The maximum atomic E-state index is 11.6. The van der Waals surface area contributed by atoms with Crippen LogP contribution in [0.3, 0.4) is 0 Å². The molecule has 0 aromatic heterocycles. The second kappa shape index (κ2) is 8.82. The Morgan fingerprint density at radius 1 is 1.24 bits per heavy atom. The fourth-order valence-electron chi connectivity index (χ4n) is 2.59. The van der Waals surface area contributed by atoms with E-state index in [0.29, 0.717) is 30.0 Å². The predicted molar refractivity (Wildman–Crippen MR) is 95.8 cm³/mol. The third kappa shape index (κ3) is 5.71. The number of nitrogens with one attached hydrogen (secondary N) is 1. The van der Waals surface area contributed by atoms with Gasteiger partial charge in [0.1, 0.15) is 11.6 Å². The number of unbranched alkanes of at least 4 members (excludes halogenated alkanes) is 3. The Kier molecular flexibility index (Phi) is 6.77. The van der Waals surface area contributed by atoms with Crippen LogP contribution in [0.4, 0.5) is 0 Å². The number of rotatable bonds is 9. The van der Waals surface area contributed by atoms with Crippen LogP contribution >= 0.6 is 0 Å². The van der Waals surface area contributed by atoms with E-state index in [1.807, 2.05) is 0 Å². The largest absolute Gasteiger partial charge is 0.493 e. The molecule has 138 valence electrons. The molecule has 5 N–H and O–H groups in total. The third-order valence-corrected chi connectivity index (χ3v) is 4.93. The minimum Gasteiger partial charge on any atom is -0.493 e. The summed E-state index contributed by atoms with van der Waals surface area (Å²) in [7, 11) is -3.54. The fraction of sp³-hybridized carbons (Fsp3) is 0.500. The van der Waals surface area contributed by atoms with Gasteiger partial charge >= 0.3 is 0 Å². The van der Waals surface area contributed by atoms with Gasteiger partial charge in [0.05, 0.1) is 24.5 Å². The lowest BCUT2D eigenvalue weighted by atomic mass is 10.1. The summed E-state index contributed by atoms with van der Waals surface area (Å²) >= 11 is 0. The van der Waals surface area contributed by atoms with Crippen molar-refractivity contribution in [1.29, 1.82) is 0 Å². The van der Waals surface area contributed by atoms with Crippen molar-refractivity contribution in [3.63, 3.8) is 0 Å². The number of carbonyl (C=O) groups is 1. The average molecular weight is 368 g/mol. The molecule has 0 saturated carbocycles. The van der Waals surface area contributed by atoms with Crippen LogP contribution in [0.25, 0.3) is 0 Å². The molecule has 1 amide bonds. The summed E-state index contributed by atoms with van der Waals surface area (Å²) in [5.41, 5.74) is 12.2. The van der Waals surface area contributed by atoms with E-state index in [1.54, 1.807) is 18.2 Å². The number of carbonyl (C=O) groups excluding carboxylic acids is 1. The van der Waals surface area contributed by atoms with Crippen molar-refractivity contribution in [3.05, 3.63) is 29.3 Å². The highest BCUT2D eigenvalue weighted by Gasteiger charge is 2.24. The molecule has 1 aliphatic rings. The van der Waals surface area contributed by atoms with Gasteiger partial charge in [0.15, 0.2) is 0 Å². The van der Waals surface area contributed by atoms with Crippen molar-refractivity contribution in [3.8, 4) is 5.75 Å². The zero-order chi connectivity index (χ0) is 18.3. The van der Waals surface area contributed by atoms with Gasteiger partial charge in [-0.25, -0.2) is 8.42 Å². The van der Waals surface area contributed by atoms with Crippen molar-refractivity contribution in [1.82, 2.24) is 5.32 Å². The number of nitrogens with two attached hydrogens (primary N) is 2. The Morgan fingerprint density at radius 3 is 2.76 bits per heavy atom. The highest BCUT2D eigenvalue weighted by Crippen LogP contribution is 2.28. The van der Waals surface area contributed by atoms with Crippen LogP contribution in [-0.2, 0) is 20.6 Å². The van der Waals surface area contributed by atoms with Gasteiger partial charge in [-0.3, -0.25) is 4.79 Å². The Morgan fingerprint density at radius 2 is 2.00 bits per heavy atom. The maximum absolute atomic E-state index is 11.6. The van der Waals surface area contributed by atoms with Gasteiger partial charge in [0.2, 0.25) is 5.91 Å². The lowest BCUT2D eigenvalue weighted by molar-refractivity contribution is -0.119. The number of ether oxygens (including phenoxy) is 1. The molecule has 1 aliphatic heterocycles. The van der Waals surface area contributed by atoms with Crippen molar-refractivity contribution in [2.24, 2.45) is 15.9 Å². The second-order valence-electron chi connectivity index (χ2n) is 5.81. The minimum atomic E-state index is -3.54. The monoisotopic (exact) mass is 368 g/mol. The van der Waals surface area contributed by atoms with Gasteiger partial charge in [0.25, 0.3) is 10.0 Å². The van der Waals surface area contributed by atoms with E-state index in [2.05, 4.69) is 9.71 Å². The first-order chi connectivity index (χ1) is 11.9. The smallest absolute Gasteiger partial charge is 0.259 e. The molecule has 1 heterocycles. The van der Waals surface area contributed by atoms with Crippen molar-refractivity contribution in [2.45, 2.75) is 31.4 Å². The SMILES string of the molecule is NCC(=O)NCCCCCCOc1cccc2c1C(N)=NS(=O)(=O)C2. The second-order valence-corrected chi connectivity index (χ2v) is 7.44. The average Bonchev–Trinajstić information content (AvgIpc) is 2.55. The molecule has 0 fully saturated rings. The van der Waals surface area contributed by atoms with E-state index in [0.717, 1.165) is 25.7 Å². The molecule has 0 atom stereocenters. The zero-order valence-electron chi connectivity index (χ0n) is 14.0. The molecule has 0 aliphatic carbocycles. The van der Waals surface area contributed by atoms with E-state index in [-0.39, 0.29) is 24.0 Å².